The summed E-state index contributed by atoms with van der Waals surface area (Å²) in [6.07, 6.45) is 3.19. The first-order chi connectivity index (χ1) is 15.6. The van der Waals surface area contributed by atoms with E-state index in [0.29, 0.717) is 18.7 Å². The van der Waals surface area contributed by atoms with E-state index in [0.717, 1.165) is 67.1 Å². The van der Waals surface area contributed by atoms with Gasteiger partial charge in [0.15, 0.2) is 0 Å². The van der Waals surface area contributed by atoms with Crippen LogP contribution < -0.4 is 10.2 Å². The molecule has 2 heterocycles. The average Bonchev–Trinajstić information content (AvgIpc) is 3.26. The Balaban J connectivity index is 1.10. The normalized spacial score (nSPS) is 14.0. The lowest BCUT2D eigenvalue weighted by Gasteiger charge is -2.36. The number of aromatic nitrogens is 1. The number of carbonyl (C=O) groups excluding carboxylic acids is 2. The van der Waals surface area contributed by atoms with Gasteiger partial charge in [-0.15, -0.1) is 0 Å². The summed E-state index contributed by atoms with van der Waals surface area (Å²) in [5, 5.41) is 4.72. The second-order valence-electron chi connectivity index (χ2n) is 8.18. The van der Waals surface area contributed by atoms with E-state index in [1.165, 1.54) is 0 Å². The number of piperazine rings is 1. The SMILES string of the molecule is O=C(NCCCCCC(=O)N1CCN(c2cccc(Cl)c2)CC1)c1cc2ccccc2[nH]1. The highest BCUT2D eigenvalue weighted by Gasteiger charge is 2.21. The number of carbonyl (C=O) groups is 2. The molecule has 0 unspecified atom stereocenters. The topological polar surface area (TPSA) is 68.4 Å². The molecule has 2 amide bonds. The molecule has 1 fully saturated rings. The van der Waals surface area contributed by atoms with Crippen LogP contribution in [0.15, 0.2) is 54.6 Å². The molecule has 2 aromatic carbocycles. The summed E-state index contributed by atoms with van der Waals surface area (Å²) in [5.41, 5.74) is 2.65. The Bertz CT molecular complexity index is 1040. The van der Waals surface area contributed by atoms with Crippen LogP contribution in [0.5, 0.6) is 0 Å². The number of anilines is 1. The van der Waals surface area contributed by atoms with Gasteiger partial charge in [0, 0.05) is 60.8 Å². The van der Waals surface area contributed by atoms with Gasteiger partial charge in [0.25, 0.3) is 5.91 Å². The lowest BCUT2D eigenvalue weighted by molar-refractivity contribution is -0.131. The van der Waals surface area contributed by atoms with Crippen molar-refractivity contribution in [2.75, 3.05) is 37.6 Å². The Morgan fingerprint density at radius 2 is 1.75 bits per heavy atom. The van der Waals surface area contributed by atoms with E-state index in [9.17, 15) is 9.59 Å². The van der Waals surface area contributed by atoms with Crippen molar-refractivity contribution in [3.8, 4) is 0 Å². The fourth-order valence-corrected chi connectivity index (χ4v) is 4.30. The predicted octanol–water partition coefficient (Wildman–Crippen LogP) is 4.46. The minimum atomic E-state index is -0.0881. The van der Waals surface area contributed by atoms with E-state index in [1.807, 2.05) is 53.4 Å². The summed E-state index contributed by atoms with van der Waals surface area (Å²) in [7, 11) is 0. The lowest BCUT2D eigenvalue weighted by atomic mass is 10.1. The van der Waals surface area contributed by atoms with Gasteiger partial charge in [0.2, 0.25) is 5.91 Å². The van der Waals surface area contributed by atoms with Crippen LogP contribution in [0.25, 0.3) is 10.9 Å². The molecule has 168 valence electrons. The zero-order valence-corrected chi connectivity index (χ0v) is 18.9. The fraction of sp³-hybridized carbons (Fsp3) is 0.360. The van der Waals surface area contributed by atoms with Crippen molar-refractivity contribution in [1.82, 2.24) is 15.2 Å². The van der Waals surface area contributed by atoms with Crippen molar-refractivity contribution in [3.63, 3.8) is 0 Å². The summed E-state index contributed by atoms with van der Waals surface area (Å²) in [6, 6.07) is 17.6. The van der Waals surface area contributed by atoms with Crippen LogP contribution >= 0.6 is 11.6 Å². The third kappa shape index (κ3) is 5.62. The highest BCUT2D eigenvalue weighted by atomic mass is 35.5. The molecule has 3 aromatic rings. The zero-order valence-electron chi connectivity index (χ0n) is 18.1. The summed E-state index contributed by atoms with van der Waals surface area (Å²) in [4.78, 5) is 32.2. The predicted molar refractivity (Wildman–Crippen MR) is 129 cm³/mol. The number of H-pyrrole nitrogens is 1. The first-order valence-electron chi connectivity index (χ1n) is 11.2. The van der Waals surface area contributed by atoms with E-state index in [2.05, 4.69) is 21.3 Å². The molecule has 1 saturated heterocycles. The van der Waals surface area contributed by atoms with Gasteiger partial charge >= 0.3 is 0 Å². The fourth-order valence-electron chi connectivity index (χ4n) is 4.12. The molecule has 0 atom stereocenters. The molecule has 32 heavy (non-hydrogen) atoms. The molecule has 0 radical (unpaired) electrons. The van der Waals surface area contributed by atoms with Crippen LogP contribution in [0, 0.1) is 0 Å². The zero-order chi connectivity index (χ0) is 22.3. The highest BCUT2D eigenvalue weighted by molar-refractivity contribution is 6.30. The van der Waals surface area contributed by atoms with Gasteiger partial charge in [-0.2, -0.15) is 0 Å². The Morgan fingerprint density at radius 3 is 2.53 bits per heavy atom. The maximum Gasteiger partial charge on any atom is 0.267 e. The second kappa shape index (κ2) is 10.6. The van der Waals surface area contributed by atoms with Gasteiger partial charge in [-0.1, -0.05) is 42.3 Å². The van der Waals surface area contributed by atoms with Gasteiger partial charge in [-0.25, -0.2) is 0 Å². The van der Waals surface area contributed by atoms with Crippen molar-refractivity contribution in [2.45, 2.75) is 25.7 Å². The molecule has 7 heteroatoms. The summed E-state index contributed by atoms with van der Waals surface area (Å²) in [5.74, 6) is 0.132. The number of para-hydroxylation sites is 1. The third-order valence-corrected chi connectivity index (χ3v) is 6.17. The minimum absolute atomic E-state index is 0.0881. The Morgan fingerprint density at radius 1 is 0.938 bits per heavy atom. The largest absolute Gasteiger partial charge is 0.368 e. The number of unbranched alkanes of at least 4 members (excludes halogenated alkanes) is 2. The first kappa shape index (κ1) is 22.2. The van der Waals surface area contributed by atoms with Crippen LogP contribution in [0.1, 0.15) is 36.2 Å². The van der Waals surface area contributed by atoms with Crippen LogP contribution in [-0.4, -0.2) is 54.4 Å². The molecule has 1 aliphatic rings. The maximum atomic E-state index is 12.5. The molecule has 0 spiro atoms. The Kier molecular flexibility index (Phi) is 7.32. The number of benzene rings is 2. The van der Waals surface area contributed by atoms with Gasteiger partial charge in [-0.3, -0.25) is 9.59 Å². The van der Waals surface area contributed by atoms with Crippen LogP contribution in [0.2, 0.25) is 5.02 Å². The molecule has 2 N–H and O–H groups in total. The first-order valence-corrected chi connectivity index (χ1v) is 11.6. The summed E-state index contributed by atoms with van der Waals surface area (Å²) < 4.78 is 0. The second-order valence-corrected chi connectivity index (χ2v) is 8.62. The molecule has 1 aromatic heterocycles. The number of amides is 2. The van der Waals surface area contributed by atoms with Gasteiger partial charge in [-0.05, 0) is 43.2 Å². The summed E-state index contributed by atoms with van der Waals surface area (Å²) >= 11 is 6.09. The molecular formula is C25H29ClN4O2. The van der Waals surface area contributed by atoms with Crippen molar-refractivity contribution in [2.24, 2.45) is 0 Å². The number of nitrogens with one attached hydrogen (secondary N) is 2. The Labute approximate surface area is 193 Å². The van der Waals surface area contributed by atoms with E-state index in [4.69, 9.17) is 11.6 Å². The number of hydrogen-bond acceptors (Lipinski definition) is 3. The molecule has 4 rings (SSSR count). The molecule has 1 aliphatic heterocycles. The molecule has 0 bridgehead atoms. The quantitative estimate of drug-likeness (QED) is 0.496. The van der Waals surface area contributed by atoms with E-state index in [1.54, 1.807) is 0 Å². The average molecular weight is 453 g/mol. The highest BCUT2D eigenvalue weighted by Crippen LogP contribution is 2.21. The van der Waals surface area contributed by atoms with Crippen molar-refractivity contribution >= 4 is 40.0 Å². The van der Waals surface area contributed by atoms with E-state index >= 15 is 0 Å². The smallest absolute Gasteiger partial charge is 0.267 e. The molecule has 0 saturated carbocycles. The van der Waals surface area contributed by atoms with Gasteiger partial charge in [0.05, 0.1) is 0 Å². The van der Waals surface area contributed by atoms with E-state index < -0.39 is 0 Å². The van der Waals surface area contributed by atoms with E-state index in [-0.39, 0.29) is 11.8 Å². The maximum absolute atomic E-state index is 12.5. The minimum Gasteiger partial charge on any atom is -0.368 e. The van der Waals surface area contributed by atoms with Crippen molar-refractivity contribution in [1.29, 1.82) is 0 Å². The number of fused-ring (bicyclic) bond motifs is 1. The van der Waals surface area contributed by atoms with Crippen LogP contribution in [-0.2, 0) is 4.79 Å². The molecule has 0 aliphatic carbocycles. The van der Waals surface area contributed by atoms with Crippen molar-refractivity contribution in [3.05, 3.63) is 65.3 Å². The standard InChI is InChI=1S/C25H29ClN4O2/c26-20-8-6-9-21(18-20)29-13-15-30(16-14-29)24(31)11-2-1-5-12-27-25(32)23-17-19-7-3-4-10-22(19)28-23/h3-4,6-10,17-18,28H,1-2,5,11-16H2,(H,27,32). The Hall–Kier alpha value is -2.99. The number of aromatic amines is 1. The van der Waals surface area contributed by atoms with Crippen LogP contribution in [0.4, 0.5) is 5.69 Å². The van der Waals surface area contributed by atoms with Gasteiger partial charge in [0.1, 0.15) is 5.69 Å². The number of nitrogens with zero attached hydrogens (tertiary/aromatic N) is 2. The monoisotopic (exact) mass is 452 g/mol. The third-order valence-electron chi connectivity index (χ3n) is 5.93. The number of hydrogen-bond donors (Lipinski definition) is 2. The number of rotatable bonds is 8. The molecule has 6 nitrogen and oxygen atoms in total. The van der Waals surface area contributed by atoms with Crippen LogP contribution in [0.3, 0.4) is 0 Å². The number of halogens is 1. The van der Waals surface area contributed by atoms with Crippen molar-refractivity contribution < 1.29 is 9.59 Å². The lowest BCUT2D eigenvalue weighted by Crippen LogP contribution is -2.48. The molecular weight excluding hydrogens is 424 g/mol. The summed E-state index contributed by atoms with van der Waals surface area (Å²) in [6.45, 7) is 3.75. The van der Waals surface area contributed by atoms with Gasteiger partial charge < -0.3 is 20.1 Å².